The van der Waals surface area contributed by atoms with Gasteiger partial charge in [-0.1, -0.05) is 17.7 Å². The van der Waals surface area contributed by atoms with Gasteiger partial charge in [-0.15, -0.1) is 0 Å². The molecule has 3 nitrogen and oxygen atoms in total. The Kier molecular flexibility index (Phi) is 4.28. The molecule has 0 saturated heterocycles. The van der Waals surface area contributed by atoms with E-state index >= 15 is 0 Å². The monoisotopic (exact) mass is 290 g/mol. The van der Waals surface area contributed by atoms with E-state index in [-0.39, 0.29) is 0 Å². The summed E-state index contributed by atoms with van der Waals surface area (Å²) in [6.45, 7) is 2.82. The van der Waals surface area contributed by atoms with Crippen LogP contribution in [0.1, 0.15) is 18.6 Å². The molecule has 1 saturated carbocycles. The molecule has 4 heteroatoms. The summed E-state index contributed by atoms with van der Waals surface area (Å²) in [5.74, 6) is 1.04. The summed E-state index contributed by atoms with van der Waals surface area (Å²) >= 11 is 5.98. The number of nitrogens with one attached hydrogen (secondary N) is 1. The Morgan fingerprint density at radius 3 is 2.85 bits per heavy atom. The van der Waals surface area contributed by atoms with Gasteiger partial charge < -0.3 is 9.73 Å². The number of nitrogens with zero attached hydrogens (tertiary/aromatic N) is 1. The molecule has 1 fully saturated rings. The predicted molar refractivity (Wildman–Crippen MR) is 82.1 cm³/mol. The van der Waals surface area contributed by atoms with Crippen LogP contribution in [-0.2, 0) is 6.54 Å². The molecule has 106 valence electrons. The van der Waals surface area contributed by atoms with Crippen LogP contribution < -0.4 is 5.32 Å². The molecule has 1 aliphatic rings. The first-order valence-electron chi connectivity index (χ1n) is 7.07. The van der Waals surface area contributed by atoms with Crippen molar-refractivity contribution in [3.8, 4) is 0 Å². The summed E-state index contributed by atoms with van der Waals surface area (Å²) in [4.78, 5) is 2.48. The van der Waals surface area contributed by atoms with Crippen molar-refractivity contribution in [3.63, 3.8) is 0 Å². The zero-order valence-electron chi connectivity index (χ0n) is 11.4. The van der Waals surface area contributed by atoms with Crippen LogP contribution in [0.3, 0.4) is 0 Å². The highest BCUT2D eigenvalue weighted by molar-refractivity contribution is 6.30. The fourth-order valence-electron chi connectivity index (χ4n) is 2.38. The molecule has 0 radical (unpaired) electrons. The summed E-state index contributed by atoms with van der Waals surface area (Å²) in [5, 5.41) is 4.19. The summed E-state index contributed by atoms with van der Waals surface area (Å²) in [6, 6.07) is 12.6. The van der Waals surface area contributed by atoms with Gasteiger partial charge in [0.2, 0.25) is 0 Å². The second kappa shape index (κ2) is 6.33. The first kappa shape index (κ1) is 13.5. The summed E-state index contributed by atoms with van der Waals surface area (Å²) < 4.78 is 5.44. The molecule has 0 spiro atoms. The van der Waals surface area contributed by atoms with Crippen molar-refractivity contribution in [2.75, 3.05) is 18.4 Å². The first-order chi connectivity index (χ1) is 9.81. The maximum Gasteiger partial charge on any atom is 0.117 e. The lowest BCUT2D eigenvalue weighted by atomic mass is 10.3. The van der Waals surface area contributed by atoms with Crippen molar-refractivity contribution in [3.05, 3.63) is 53.4 Å². The van der Waals surface area contributed by atoms with Crippen molar-refractivity contribution in [1.82, 2.24) is 4.90 Å². The molecule has 20 heavy (non-hydrogen) atoms. The molecule has 1 aliphatic carbocycles. The van der Waals surface area contributed by atoms with Gasteiger partial charge in [-0.2, -0.15) is 0 Å². The molecule has 2 aromatic rings. The van der Waals surface area contributed by atoms with Crippen LogP contribution in [-0.4, -0.2) is 24.0 Å². The number of hydrogen-bond donors (Lipinski definition) is 1. The standard InChI is InChI=1S/C16H19ClN2O/c17-13-3-1-4-14(11-13)18-8-9-19(15-6-7-15)12-16-5-2-10-20-16/h1-5,10-11,15,18H,6-9,12H2. The van der Waals surface area contributed by atoms with E-state index in [1.165, 1.54) is 12.8 Å². The van der Waals surface area contributed by atoms with Crippen LogP contribution in [0, 0.1) is 0 Å². The Morgan fingerprint density at radius 2 is 2.15 bits per heavy atom. The third-order valence-electron chi connectivity index (χ3n) is 3.56. The quantitative estimate of drug-likeness (QED) is 0.835. The summed E-state index contributed by atoms with van der Waals surface area (Å²) in [6.07, 6.45) is 4.35. The zero-order valence-corrected chi connectivity index (χ0v) is 12.1. The SMILES string of the molecule is Clc1cccc(NCCN(Cc2ccco2)C2CC2)c1. The van der Waals surface area contributed by atoms with Gasteiger partial charge in [0.1, 0.15) is 5.76 Å². The highest BCUT2D eigenvalue weighted by Crippen LogP contribution is 2.28. The van der Waals surface area contributed by atoms with Gasteiger partial charge in [0.05, 0.1) is 12.8 Å². The van der Waals surface area contributed by atoms with Crippen molar-refractivity contribution >= 4 is 17.3 Å². The van der Waals surface area contributed by atoms with Crippen LogP contribution in [0.15, 0.2) is 47.1 Å². The van der Waals surface area contributed by atoms with Crippen LogP contribution in [0.4, 0.5) is 5.69 Å². The molecule has 1 aromatic heterocycles. The van der Waals surface area contributed by atoms with Crippen molar-refractivity contribution in [2.24, 2.45) is 0 Å². The molecule has 0 bridgehead atoms. The van der Waals surface area contributed by atoms with Crippen molar-refractivity contribution in [2.45, 2.75) is 25.4 Å². The van der Waals surface area contributed by atoms with Gasteiger partial charge in [-0.3, -0.25) is 4.90 Å². The van der Waals surface area contributed by atoms with Gasteiger partial charge in [0.15, 0.2) is 0 Å². The van der Waals surface area contributed by atoms with Crippen molar-refractivity contribution in [1.29, 1.82) is 0 Å². The maximum atomic E-state index is 5.98. The number of anilines is 1. The van der Waals surface area contributed by atoms with Gasteiger partial charge >= 0.3 is 0 Å². The molecular formula is C16H19ClN2O. The van der Waals surface area contributed by atoms with Crippen molar-refractivity contribution < 1.29 is 4.42 Å². The Balaban J connectivity index is 1.50. The number of hydrogen-bond acceptors (Lipinski definition) is 3. The van der Waals surface area contributed by atoms with E-state index in [9.17, 15) is 0 Å². The average Bonchev–Trinajstić information content (AvgIpc) is 3.16. The number of furan rings is 1. The lowest BCUT2D eigenvalue weighted by Gasteiger charge is -2.21. The van der Waals surface area contributed by atoms with Crippen LogP contribution in [0.25, 0.3) is 0 Å². The van der Waals surface area contributed by atoms with E-state index in [2.05, 4.69) is 10.2 Å². The predicted octanol–water partition coefficient (Wildman–Crippen LogP) is 4.01. The van der Waals surface area contributed by atoms with Gasteiger partial charge in [0, 0.05) is 29.8 Å². The number of benzene rings is 1. The van der Waals surface area contributed by atoms with E-state index in [4.69, 9.17) is 16.0 Å². The summed E-state index contributed by atoms with van der Waals surface area (Å²) in [5.41, 5.74) is 1.08. The molecule has 1 aromatic carbocycles. The fourth-order valence-corrected chi connectivity index (χ4v) is 2.57. The lowest BCUT2D eigenvalue weighted by Crippen LogP contribution is -2.30. The Hall–Kier alpha value is -1.45. The molecule has 0 aliphatic heterocycles. The smallest absolute Gasteiger partial charge is 0.117 e. The Morgan fingerprint density at radius 1 is 1.25 bits per heavy atom. The highest BCUT2D eigenvalue weighted by atomic mass is 35.5. The van der Waals surface area contributed by atoms with Gasteiger partial charge in [-0.25, -0.2) is 0 Å². The molecule has 1 heterocycles. The van der Waals surface area contributed by atoms with Crippen LogP contribution in [0.5, 0.6) is 0 Å². The lowest BCUT2D eigenvalue weighted by molar-refractivity contribution is 0.242. The zero-order chi connectivity index (χ0) is 13.8. The molecule has 1 N–H and O–H groups in total. The second-order valence-corrected chi connectivity index (χ2v) is 5.65. The second-order valence-electron chi connectivity index (χ2n) is 5.22. The largest absolute Gasteiger partial charge is 0.468 e. The number of halogens is 1. The third kappa shape index (κ3) is 3.78. The minimum absolute atomic E-state index is 0.723. The molecule has 0 atom stereocenters. The van der Waals surface area contributed by atoms with E-state index < -0.39 is 0 Å². The Bertz CT molecular complexity index is 537. The molecule has 0 amide bonds. The van der Waals surface area contributed by atoms with Crippen LogP contribution >= 0.6 is 11.6 Å². The molecule has 0 unspecified atom stereocenters. The van der Waals surface area contributed by atoms with E-state index in [0.29, 0.717) is 0 Å². The summed E-state index contributed by atoms with van der Waals surface area (Å²) in [7, 11) is 0. The molecule has 3 rings (SSSR count). The number of rotatable bonds is 7. The first-order valence-corrected chi connectivity index (χ1v) is 7.45. The maximum absolute atomic E-state index is 5.98. The van der Waals surface area contributed by atoms with Gasteiger partial charge in [0.25, 0.3) is 0 Å². The van der Waals surface area contributed by atoms with Crippen LogP contribution in [0.2, 0.25) is 5.02 Å². The molecular weight excluding hydrogens is 272 g/mol. The van der Waals surface area contributed by atoms with E-state index in [0.717, 1.165) is 42.1 Å². The van der Waals surface area contributed by atoms with E-state index in [1.54, 1.807) is 6.26 Å². The topological polar surface area (TPSA) is 28.4 Å². The van der Waals surface area contributed by atoms with Gasteiger partial charge in [-0.05, 0) is 43.2 Å². The van der Waals surface area contributed by atoms with E-state index in [1.807, 2.05) is 36.4 Å². The third-order valence-corrected chi connectivity index (χ3v) is 3.79. The average molecular weight is 291 g/mol. The minimum Gasteiger partial charge on any atom is -0.468 e. The Labute approximate surface area is 124 Å². The normalized spacial score (nSPS) is 14.7. The minimum atomic E-state index is 0.723. The fraction of sp³-hybridized carbons (Fsp3) is 0.375. The highest BCUT2D eigenvalue weighted by Gasteiger charge is 2.28.